The summed E-state index contributed by atoms with van der Waals surface area (Å²) in [6.45, 7) is 10.9. The fraction of sp³-hybridized carbons (Fsp3) is 0.318. The van der Waals surface area contributed by atoms with Crippen molar-refractivity contribution in [3.05, 3.63) is 65.2 Å². The number of phenols is 1. The number of carbonyl (C=O) groups excluding carboxylic acids is 2. The van der Waals surface area contributed by atoms with Gasteiger partial charge >= 0.3 is 0 Å². The Kier molecular flexibility index (Phi) is 6.33. The van der Waals surface area contributed by atoms with Crippen LogP contribution in [-0.2, 0) is 17.6 Å². The lowest BCUT2D eigenvalue weighted by molar-refractivity contribution is -0.117. The van der Waals surface area contributed by atoms with Gasteiger partial charge in [0.15, 0.2) is 0 Å². The molecule has 0 saturated carbocycles. The first-order valence-corrected chi connectivity index (χ1v) is 8.92. The number of phenolic OH excluding ortho intramolecular Hbond substituents is 1. The van der Waals surface area contributed by atoms with Crippen LogP contribution in [0.1, 0.15) is 54.9 Å². The minimum Gasteiger partial charge on any atom is -0.507 e. The molecule has 1 aromatic carbocycles. The molecule has 1 amide bonds. The van der Waals surface area contributed by atoms with E-state index in [1.165, 1.54) is 18.3 Å². The number of nitrogens with zero attached hydrogens (tertiary/aromatic N) is 1. The topological polar surface area (TPSA) is 79.3 Å². The third-order valence-corrected chi connectivity index (χ3v) is 3.96. The van der Waals surface area contributed by atoms with Crippen LogP contribution in [-0.4, -0.2) is 27.3 Å². The highest BCUT2D eigenvalue weighted by Crippen LogP contribution is 2.27. The van der Waals surface area contributed by atoms with Crippen molar-refractivity contribution in [2.45, 2.75) is 46.1 Å². The molecule has 0 radical (unpaired) electrons. The molecule has 2 rings (SSSR count). The summed E-state index contributed by atoms with van der Waals surface area (Å²) in [6.07, 6.45) is 1.33. The molecule has 28 heavy (non-hydrogen) atoms. The van der Waals surface area contributed by atoms with E-state index >= 15 is 0 Å². The molecule has 0 spiro atoms. The molecule has 0 aliphatic carbocycles. The van der Waals surface area contributed by atoms with Crippen LogP contribution in [0.3, 0.4) is 0 Å². The van der Waals surface area contributed by atoms with E-state index < -0.39 is 11.4 Å². The number of Topliss-reactive ketones (excluding diaryl/α,β-unsaturated/α-hetero) is 1. The second-order valence-corrected chi connectivity index (χ2v) is 7.89. The van der Waals surface area contributed by atoms with Crippen molar-refractivity contribution in [1.29, 1.82) is 0 Å². The summed E-state index contributed by atoms with van der Waals surface area (Å²) in [7, 11) is 0. The molecule has 0 atom stereocenters. The Bertz CT molecular complexity index is 930. The van der Waals surface area contributed by atoms with Crippen LogP contribution >= 0.6 is 0 Å². The second-order valence-electron chi connectivity index (χ2n) is 7.89. The summed E-state index contributed by atoms with van der Waals surface area (Å²) in [5, 5.41) is 12.8. The number of aromatic hydroxyl groups is 1. The number of allylic oxidation sites excluding steroid dienone is 1. The van der Waals surface area contributed by atoms with Gasteiger partial charge in [0.05, 0.1) is 0 Å². The predicted molar refractivity (Wildman–Crippen MR) is 107 cm³/mol. The number of halogens is 1. The number of pyridine rings is 1. The molecule has 0 aliphatic rings. The lowest BCUT2D eigenvalue weighted by Gasteiger charge is -2.20. The highest BCUT2D eigenvalue weighted by Gasteiger charge is 2.18. The van der Waals surface area contributed by atoms with Crippen molar-refractivity contribution in [3.8, 4) is 5.75 Å². The fourth-order valence-corrected chi connectivity index (χ4v) is 2.70. The fourth-order valence-electron chi connectivity index (χ4n) is 2.70. The molecule has 148 valence electrons. The maximum atomic E-state index is 14.2. The molecule has 0 aliphatic heterocycles. The van der Waals surface area contributed by atoms with Gasteiger partial charge in [0, 0.05) is 30.1 Å². The number of nitrogens with one attached hydrogen (secondary N) is 1. The molecular formula is C22H25FN2O3. The van der Waals surface area contributed by atoms with E-state index in [0.29, 0.717) is 16.7 Å². The summed E-state index contributed by atoms with van der Waals surface area (Å²) in [4.78, 5) is 28.6. The largest absolute Gasteiger partial charge is 0.507 e. The van der Waals surface area contributed by atoms with Gasteiger partial charge in [-0.05, 0) is 68.7 Å². The van der Waals surface area contributed by atoms with Crippen LogP contribution < -0.4 is 5.32 Å². The van der Waals surface area contributed by atoms with Crippen LogP contribution in [0.15, 0.2) is 37.0 Å². The number of hydrogen-bond donors (Lipinski definition) is 2. The van der Waals surface area contributed by atoms with E-state index in [9.17, 15) is 19.1 Å². The molecule has 2 N–H and O–H groups in total. The third kappa shape index (κ3) is 5.74. The van der Waals surface area contributed by atoms with E-state index in [-0.39, 0.29) is 41.5 Å². The van der Waals surface area contributed by atoms with Gasteiger partial charge < -0.3 is 10.4 Å². The normalized spacial score (nSPS) is 11.2. The first-order valence-electron chi connectivity index (χ1n) is 8.92. The number of ketones is 1. The van der Waals surface area contributed by atoms with E-state index in [2.05, 4.69) is 16.9 Å². The highest BCUT2D eigenvalue weighted by molar-refractivity contribution is 5.93. The van der Waals surface area contributed by atoms with Gasteiger partial charge in [0.1, 0.15) is 23.0 Å². The van der Waals surface area contributed by atoms with Crippen LogP contribution in [0, 0.1) is 5.82 Å². The molecule has 0 fully saturated rings. The zero-order valence-electron chi connectivity index (χ0n) is 16.6. The molecule has 0 saturated heterocycles. The quantitative estimate of drug-likeness (QED) is 0.793. The van der Waals surface area contributed by atoms with E-state index in [4.69, 9.17) is 0 Å². The Morgan fingerprint density at radius 1 is 1.21 bits per heavy atom. The molecule has 1 heterocycles. The SMILES string of the molecule is C=C(C)c1cc(F)c(CC(=O)Cc2ccnc(C(=O)NC(C)(C)C)c2)cc1O. The van der Waals surface area contributed by atoms with E-state index in [0.717, 1.165) is 0 Å². The highest BCUT2D eigenvalue weighted by atomic mass is 19.1. The molecule has 2 aromatic rings. The Balaban J connectivity index is 2.12. The number of aromatic nitrogens is 1. The number of hydrogen-bond acceptors (Lipinski definition) is 4. The average Bonchev–Trinajstić information content (AvgIpc) is 2.56. The summed E-state index contributed by atoms with van der Waals surface area (Å²) in [5.41, 5.74) is 1.40. The van der Waals surface area contributed by atoms with E-state index in [1.807, 2.05) is 20.8 Å². The van der Waals surface area contributed by atoms with Gasteiger partial charge in [0.25, 0.3) is 5.91 Å². The van der Waals surface area contributed by atoms with Crippen molar-refractivity contribution < 1.29 is 19.1 Å². The minimum absolute atomic E-state index is 0.0285. The van der Waals surface area contributed by atoms with Crippen LogP contribution in [0.2, 0.25) is 0 Å². The molecule has 5 nitrogen and oxygen atoms in total. The summed E-state index contributed by atoms with van der Waals surface area (Å²) >= 11 is 0. The van der Waals surface area contributed by atoms with Crippen molar-refractivity contribution in [1.82, 2.24) is 10.3 Å². The Morgan fingerprint density at radius 2 is 1.89 bits per heavy atom. The van der Waals surface area contributed by atoms with Crippen LogP contribution in [0.4, 0.5) is 4.39 Å². The maximum absolute atomic E-state index is 14.2. The van der Waals surface area contributed by atoms with Crippen molar-refractivity contribution in [2.75, 3.05) is 0 Å². The smallest absolute Gasteiger partial charge is 0.270 e. The zero-order valence-corrected chi connectivity index (χ0v) is 16.6. The average molecular weight is 384 g/mol. The maximum Gasteiger partial charge on any atom is 0.270 e. The van der Waals surface area contributed by atoms with Crippen LogP contribution in [0.25, 0.3) is 5.57 Å². The molecule has 0 bridgehead atoms. The number of rotatable bonds is 6. The standard InChI is InChI=1S/C22H25FN2O3/c1-13(2)17-12-18(23)15(11-20(17)27)10-16(26)8-14-6-7-24-19(9-14)21(28)25-22(3,4)5/h6-7,9,11-12,27H,1,8,10H2,2-5H3,(H,25,28). The summed E-state index contributed by atoms with van der Waals surface area (Å²) < 4.78 is 14.2. The summed E-state index contributed by atoms with van der Waals surface area (Å²) in [6, 6.07) is 5.63. The monoisotopic (exact) mass is 384 g/mol. The Morgan fingerprint density at radius 3 is 2.50 bits per heavy atom. The first kappa shape index (κ1) is 21.3. The van der Waals surface area contributed by atoms with Gasteiger partial charge in [-0.2, -0.15) is 0 Å². The lowest BCUT2D eigenvalue weighted by atomic mass is 9.99. The minimum atomic E-state index is -0.566. The van der Waals surface area contributed by atoms with Gasteiger partial charge in [0.2, 0.25) is 0 Å². The Hall–Kier alpha value is -3.02. The van der Waals surface area contributed by atoms with E-state index in [1.54, 1.807) is 19.1 Å². The zero-order chi connectivity index (χ0) is 21.1. The molecule has 1 aromatic heterocycles. The van der Waals surface area contributed by atoms with Crippen molar-refractivity contribution >= 4 is 17.3 Å². The summed E-state index contributed by atoms with van der Waals surface area (Å²) in [5.74, 6) is -1.24. The predicted octanol–water partition coefficient (Wildman–Crippen LogP) is 3.84. The first-order chi connectivity index (χ1) is 13.0. The van der Waals surface area contributed by atoms with Gasteiger partial charge in [-0.15, -0.1) is 0 Å². The number of amides is 1. The number of benzene rings is 1. The Labute approximate surface area is 164 Å². The van der Waals surface area contributed by atoms with Gasteiger partial charge in [-0.3, -0.25) is 14.6 Å². The van der Waals surface area contributed by atoms with Gasteiger partial charge in [-0.25, -0.2) is 4.39 Å². The van der Waals surface area contributed by atoms with Crippen LogP contribution in [0.5, 0.6) is 5.75 Å². The number of carbonyl (C=O) groups is 2. The lowest BCUT2D eigenvalue weighted by Crippen LogP contribution is -2.40. The molecule has 0 unspecified atom stereocenters. The van der Waals surface area contributed by atoms with Crippen molar-refractivity contribution in [3.63, 3.8) is 0 Å². The molecule has 6 heteroatoms. The second kappa shape index (κ2) is 8.33. The third-order valence-electron chi connectivity index (χ3n) is 3.96. The molecular weight excluding hydrogens is 359 g/mol. The van der Waals surface area contributed by atoms with Gasteiger partial charge in [-0.1, -0.05) is 6.58 Å². The van der Waals surface area contributed by atoms with Crippen molar-refractivity contribution in [2.24, 2.45) is 0 Å².